The van der Waals surface area contributed by atoms with Gasteiger partial charge >= 0.3 is 0 Å². The first-order valence-corrected chi connectivity index (χ1v) is 4.88. The van der Waals surface area contributed by atoms with Crippen molar-refractivity contribution in [3.05, 3.63) is 11.7 Å². The van der Waals surface area contributed by atoms with Crippen molar-refractivity contribution in [2.45, 2.75) is 19.8 Å². The predicted octanol–water partition coefficient (Wildman–Crippen LogP) is 0.410. The van der Waals surface area contributed by atoms with Crippen LogP contribution in [0.4, 0.5) is 0 Å². The summed E-state index contributed by atoms with van der Waals surface area (Å²) in [5, 5.41) is 7.04. The van der Waals surface area contributed by atoms with Crippen LogP contribution >= 0.6 is 0 Å². The summed E-state index contributed by atoms with van der Waals surface area (Å²) in [6.45, 7) is 4.54. The van der Waals surface area contributed by atoms with Gasteiger partial charge in [-0.2, -0.15) is 4.98 Å². The molecule has 1 aromatic rings. The van der Waals surface area contributed by atoms with Gasteiger partial charge in [0.1, 0.15) is 0 Å². The largest absolute Gasteiger partial charge is 0.384 e. The predicted molar refractivity (Wildman–Crippen MR) is 52.1 cm³/mol. The highest BCUT2D eigenvalue weighted by Crippen LogP contribution is 1.98. The topological polar surface area (TPSA) is 60.2 Å². The van der Waals surface area contributed by atoms with Crippen LogP contribution in [0, 0.1) is 0 Å². The lowest BCUT2D eigenvalue weighted by Gasteiger charge is -1.95. The van der Waals surface area contributed by atoms with Crippen molar-refractivity contribution < 1.29 is 9.26 Å². The standard InChI is InChI=1S/C9H17N3O2/c1-3-10-6-4-9-11-8(12-14-9)5-7-13-2/h10H,3-7H2,1-2H3. The van der Waals surface area contributed by atoms with Gasteiger partial charge < -0.3 is 14.6 Å². The average Bonchev–Trinajstić information content (AvgIpc) is 2.63. The summed E-state index contributed by atoms with van der Waals surface area (Å²) in [7, 11) is 1.66. The Morgan fingerprint density at radius 3 is 3.00 bits per heavy atom. The molecule has 0 unspecified atom stereocenters. The Morgan fingerprint density at radius 1 is 1.43 bits per heavy atom. The van der Waals surface area contributed by atoms with Crippen molar-refractivity contribution in [2.24, 2.45) is 0 Å². The number of nitrogens with zero attached hydrogens (tertiary/aromatic N) is 2. The number of hydrogen-bond donors (Lipinski definition) is 1. The van der Waals surface area contributed by atoms with E-state index in [2.05, 4.69) is 22.4 Å². The first-order valence-electron chi connectivity index (χ1n) is 4.88. The van der Waals surface area contributed by atoms with Crippen molar-refractivity contribution in [3.8, 4) is 0 Å². The highest BCUT2D eigenvalue weighted by molar-refractivity contribution is 4.86. The van der Waals surface area contributed by atoms with Crippen molar-refractivity contribution in [3.63, 3.8) is 0 Å². The second-order valence-corrected chi connectivity index (χ2v) is 2.95. The van der Waals surface area contributed by atoms with Gasteiger partial charge in [-0.1, -0.05) is 12.1 Å². The number of rotatable bonds is 7. The molecule has 0 aliphatic rings. The van der Waals surface area contributed by atoms with Crippen LogP contribution in [0.5, 0.6) is 0 Å². The monoisotopic (exact) mass is 199 g/mol. The van der Waals surface area contributed by atoms with E-state index in [0.29, 0.717) is 18.9 Å². The van der Waals surface area contributed by atoms with Crippen LogP contribution in [0.3, 0.4) is 0 Å². The third-order valence-electron chi connectivity index (χ3n) is 1.81. The van der Waals surface area contributed by atoms with E-state index in [1.54, 1.807) is 7.11 Å². The third kappa shape index (κ3) is 3.85. The maximum atomic E-state index is 5.05. The maximum Gasteiger partial charge on any atom is 0.227 e. The summed E-state index contributed by atoms with van der Waals surface area (Å²) in [6.07, 6.45) is 1.50. The number of ether oxygens (including phenoxy) is 1. The molecule has 0 bridgehead atoms. The minimum absolute atomic E-state index is 0.631. The fourth-order valence-corrected chi connectivity index (χ4v) is 1.06. The van der Waals surface area contributed by atoms with E-state index in [9.17, 15) is 0 Å². The van der Waals surface area contributed by atoms with Gasteiger partial charge in [-0.15, -0.1) is 0 Å². The van der Waals surface area contributed by atoms with Crippen molar-refractivity contribution in [1.29, 1.82) is 0 Å². The summed E-state index contributed by atoms with van der Waals surface area (Å²) in [5.41, 5.74) is 0. The van der Waals surface area contributed by atoms with E-state index in [0.717, 1.165) is 25.3 Å². The Hall–Kier alpha value is -0.940. The summed E-state index contributed by atoms with van der Waals surface area (Å²) < 4.78 is 9.97. The van der Waals surface area contributed by atoms with Crippen LogP contribution in [0.25, 0.3) is 0 Å². The molecule has 0 aromatic carbocycles. The van der Waals surface area contributed by atoms with Gasteiger partial charge in [0.05, 0.1) is 6.61 Å². The molecule has 1 aromatic heterocycles. The molecule has 0 aliphatic heterocycles. The van der Waals surface area contributed by atoms with Gasteiger partial charge in [-0.25, -0.2) is 0 Å². The van der Waals surface area contributed by atoms with Gasteiger partial charge in [-0.3, -0.25) is 0 Å². The Labute approximate surface area is 83.8 Å². The minimum Gasteiger partial charge on any atom is -0.384 e. The van der Waals surface area contributed by atoms with E-state index >= 15 is 0 Å². The van der Waals surface area contributed by atoms with Crippen LogP contribution < -0.4 is 5.32 Å². The molecule has 1 N–H and O–H groups in total. The lowest BCUT2D eigenvalue weighted by molar-refractivity contribution is 0.199. The molecule has 0 atom stereocenters. The summed E-state index contributed by atoms with van der Waals surface area (Å²) >= 11 is 0. The van der Waals surface area contributed by atoms with Gasteiger partial charge in [0.2, 0.25) is 5.89 Å². The fourth-order valence-electron chi connectivity index (χ4n) is 1.06. The number of methoxy groups -OCH3 is 1. The number of hydrogen-bond acceptors (Lipinski definition) is 5. The molecule has 0 spiro atoms. The minimum atomic E-state index is 0.631. The molecule has 0 saturated carbocycles. The molecule has 0 saturated heterocycles. The van der Waals surface area contributed by atoms with Gasteiger partial charge in [0, 0.05) is 26.5 Å². The van der Waals surface area contributed by atoms with Crippen molar-refractivity contribution in [2.75, 3.05) is 26.8 Å². The number of aromatic nitrogens is 2. The van der Waals surface area contributed by atoms with Gasteiger partial charge in [-0.05, 0) is 6.54 Å². The zero-order chi connectivity index (χ0) is 10.2. The number of nitrogens with one attached hydrogen (secondary N) is 1. The van der Waals surface area contributed by atoms with E-state index in [1.165, 1.54) is 0 Å². The Bertz CT molecular complexity index is 250. The van der Waals surface area contributed by atoms with E-state index in [-0.39, 0.29) is 0 Å². The summed E-state index contributed by atoms with van der Waals surface area (Å²) in [6, 6.07) is 0. The first kappa shape index (κ1) is 11.1. The third-order valence-corrected chi connectivity index (χ3v) is 1.81. The smallest absolute Gasteiger partial charge is 0.227 e. The zero-order valence-corrected chi connectivity index (χ0v) is 8.75. The average molecular weight is 199 g/mol. The molecule has 0 radical (unpaired) electrons. The van der Waals surface area contributed by atoms with Crippen LogP contribution in [0.15, 0.2) is 4.52 Å². The van der Waals surface area contributed by atoms with Crippen LogP contribution in [0.2, 0.25) is 0 Å². The van der Waals surface area contributed by atoms with E-state index in [4.69, 9.17) is 9.26 Å². The van der Waals surface area contributed by atoms with Crippen molar-refractivity contribution >= 4 is 0 Å². The molecule has 1 heterocycles. The quantitative estimate of drug-likeness (QED) is 0.644. The van der Waals surface area contributed by atoms with E-state index in [1.807, 2.05) is 0 Å². The lowest BCUT2D eigenvalue weighted by atomic mass is 10.4. The fraction of sp³-hybridized carbons (Fsp3) is 0.778. The summed E-state index contributed by atoms with van der Waals surface area (Å²) in [5.74, 6) is 1.41. The Morgan fingerprint density at radius 2 is 2.29 bits per heavy atom. The molecule has 0 aliphatic carbocycles. The lowest BCUT2D eigenvalue weighted by Crippen LogP contribution is -2.16. The molecule has 5 heteroatoms. The Balaban J connectivity index is 2.27. The second kappa shape index (κ2) is 6.50. The SMILES string of the molecule is CCNCCc1nc(CCOC)no1. The molecular weight excluding hydrogens is 182 g/mol. The summed E-state index contributed by atoms with van der Waals surface area (Å²) in [4.78, 5) is 4.22. The highest BCUT2D eigenvalue weighted by Gasteiger charge is 2.04. The molecule has 1 rings (SSSR count). The van der Waals surface area contributed by atoms with Gasteiger partial charge in [0.25, 0.3) is 0 Å². The van der Waals surface area contributed by atoms with Crippen LogP contribution in [0.1, 0.15) is 18.6 Å². The number of likely N-dealkylation sites (N-methyl/N-ethyl adjacent to an activating group) is 1. The molecule has 0 amide bonds. The molecular formula is C9H17N3O2. The molecule has 5 nitrogen and oxygen atoms in total. The molecule has 80 valence electrons. The first-order chi connectivity index (χ1) is 6.86. The Kier molecular flexibility index (Phi) is 5.17. The zero-order valence-electron chi connectivity index (χ0n) is 8.75. The molecule has 0 fully saturated rings. The van der Waals surface area contributed by atoms with Crippen molar-refractivity contribution in [1.82, 2.24) is 15.5 Å². The van der Waals surface area contributed by atoms with Crippen LogP contribution in [-0.2, 0) is 17.6 Å². The highest BCUT2D eigenvalue weighted by atomic mass is 16.5. The maximum absolute atomic E-state index is 5.05. The van der Waals surface area contributed by atoms with E-state index < -0.39 is 0 Å². The normalized spacial score (nSPS) is 10.7. The van der Waals surface area contributed by atoms with Gasteiger partial charge in [0.15, 0.2) is 5.82 Å². The molecule has 14 heavy (non-hydrogen) atoms. The second-order valence-electron chi connectivity index (χ2n) is 2.95. The van der Waals surface area contributed by atoms with Crippen LogP contribution in [-0.4, -0.2) is 36.9 Å².